The summed E-state index contributed by atoms with van der Waals surface area (Å²) in [7, 11) is -3.27. The van der Waals surface area contributed by atoms with Gasteiger partial charge in [0.25, 0.3) is 0 Å². The summed E-state index contributed by atoms with van der Waals surface area (Å²) < 4.78 is 37.1. The quantitative estimate of drug-likeness (QED) is 0.617. The molecule has 27 heavy (non-hydrogen) atoms. The minimum absolute atomic E-state index is 0.272. The highest BCUT2D eigenvalue weighted by molar-refractivity contribution is 8.15. The maximum atomic E-state index is 13.5. The molecule has 0 fully saturated rings. The van der Waals surface area contributed by atoms with Crippen LogP contribution in [0.15, 0.2) is 75.9 Å². The Kier molecular flexibility index (Phi) is 4.70. The molecule has 1 atom stereocenters. The van der Waals surface area contributed by atoms with Crippen molar-refractivity contribution in [2.45, 2.75) is 10.4 Å². The van der Waals surface area contributed by atoms with Crippen molar-refractivity contribution in [1.82, 2.24) is 0 Å². The molecule has 3 aromatic rings. The van der Waals surface area contributed by atoms with Crippen molar-refractivity contribution in [2.24, 2.45) is 4.99 Å². The van der Waals surface area contributed by atoms with Crippen LogP contribution in [0.5, 0.6) is 0 Å². The van der Waals surface area contributed by atoms with E-state index in [1.807, 2.05) is 17.5 Å². The number of hydrogen-bond donors (Lipinski definition) is 0. The molecular formula is C20H16FNO2S3. The van der Waals surface area contributed by atoms with E-state index in [1.54, 1.807) is 59.5 Å². The second-order valence-corrected chi connectivity index (χ2v) is 10.3. The number of nitrogens with zero attached hydrogens (tertiary/aromatic N) is 1. The molecule has 2 aromatic carbocycles. The average molecular weight is 418 g/mol. The first-order valence-corrected chi connectivity index (χ1v) is 12.0. The van der Waals surface area contributed by atoms with Gasteiger partial charge in [0.05, 0.1) is 9.77 Å². The standard InChI is InChI=1S/C20H16FNO2S3/c1-27(23,24)17-10-6-15(7-11-17)20(14-4-8-16(21)9-5-14)13-26-19(22-20)18-3-2-12-25-18/h2-12H,13H2,1H3. The van der Waals surface area contributed by atoms with Crippen molar-refractivity contribution in [1.29, 1.82) is 0 Å². The maximum Gasteiger partial charge on any atom is 0.175 e. The first-order valence-electron chi connectivity index (χ1n) is 8.22. The zero-order chi connectivity index (χ0) is 19.1. The second-order valence-electron chi connectivity index (χ2n) is 6.35. The highest BCUT2D eigenvalue weighted by Gasteiger charge is 2.39. The zero-order valence-corrected chi connectivity index (χ0v) is 16.9. The van der Waals surface area contributed by atoms with Crippen molar-refractivity contribution >= 4 is 38.0 Å². The predicted molar refractivity (Wildman–Crippen MR) is 110 cm³/mol. The van der Waals surface area contributed by atoms with E-state index in [2.05, 4.69) is 0 Å². The molecule has 0 aliphatic carbocycles. The van der Waals surface area contributed by atoms with Gasteiger partial charge >= 0.3 is 0 Å². The summed E-state index contributed by atoms with van der Waals surface area (Å²) in [5.74, 6) is 0.374. The van der Waals surface area contributed by atoms with Crippen LogP contribution in [0.4, 0.5) is 4.39 Å². The van der Waals surface area contributed by atoms with Gasteiger partial charge in [-0.2, -0.15) is 0 Å². The molecule has 2 heterocycles. The predicted octanol–water partition coefficient (Wildman–Crippen LogP) is 4.73. The normalized spacial score (nSPS) is 19.9. The van der Waals surface area contributed by atoms with Gasteiger partial charge in [-0.3, -0.25) is 4.99 Å². The molecule has 1 unspecified atom stereocenters. The lowest BCUT2D eigenvalue weighted by atomic mass is 9.85. The molecule has 3 nitrogen and oxygen atoms in total. The summed E-state index contributed by atoms with van der Waals surface area (Å²) in [5.41, 5.74) is 1.10. The summed E-state index contributed by atoms with van der Waals surface area (Å²) >= 11 is 3.29. The fourth-order valence-electron chi connectivity index (χ4n) is 3.10. The van der Waals surface area contributed by atoms with Crippen molar-refractivity contribution in [2.75, 3.05) is 12.0 Å². The molecule has 0 bridgehead atoms. The average Bonchev–Trinajstić information content (AvgIpc) is 3.32. The van der Waals surface area contributed by atoms with E-state index in [0.29, 0.717) is 5.75 Å². The number of halogens is 1. The van der Waals surface area contributed by atoms with Crippen LogP contribution in [-0.2, 0) is 15.4 Å². The number of aliphatic imine (C=N–C) groups is 1. The number of thioether (sulfide) groups is 1. The monoisotopic (exact) mass is 417 g/mol. The van der Waals surface area contributed by atoms with Crippen LogP contribution < -0.4 is 0 Å². The second kappa shape index (κ2) is 6.89. The zero-order valence-electron chi connectivity index (χ0n) is 14.4. The Labute approximate surface area is 165 Å². The molecule has 1 aliphatic heterocycles. The van der Waals surface area contributed by atoms with Gasteiger partial charge < -0.3 is 0 Å². The summed E-state index contributed by atoms with van der Waals surface area (Å²) in [4.78, 5) is 6.41. The Hall–Kier alpha value is -1.96. The molecule has 0 spiro atoms. The summed E-state index contributed by atoms with van der Waals surface area (Å²) in [6, 6.07) is 17.2. The number of thiophene rings is 1. The third-order valence-corrected chi connectivity index (χ3v) is 7.80. The van der Waals surface area contributed by atoms with E-state index >= 15 is 0 Å². The van der Waals surface area contributed by atoms with Crippen LogP contribution >= 0.6 is 23.1 Å². The molecular weight excluding hydrogens is 401 g/mol. The number of hydrogen-bond acceptors (Lipinski definition) is 5. The molecule has 4 rings (SSSR count). The van der Waals surface area contributed by atoms with Crippen molar-refractivity contribution in [3.8, 4) is 0 Å². The van der Waals surface area contributed by atoms with Gasteiger partial charge in [0.1, 0.15) is 16.4 Å². The Balaban J connectivity index is 1.86. The fraction of sp³-hybridized carbons (Fsp3) is 0.150. The molecule has 0 radical (unpaired) electrons. The molecule has 0 amide bonds. The lowest BCUT2D eigenvalue weighted by Gasteiger charge is -2.27. The van der Waals surface area contributed by atoms with Crippen LogP contribution in [0.25, 0.3) is 0 Å². The lowest BCUT2D eigenvalue weighted by Crippen LogP contribution is -2.26. The van der Waals surface area contributed by atoms with Crippen LogP contribution in [0.3, 0.4) is 0 Å². The summed E-state index contributed by atoms with van der Waals surface area (Å²) in [5, 5.41) is 2.96. The molecule has 1 aromatic heterocycles. The third kappa shape index (κ3) is 3.47. The lowest BCUT2D eigenvalue weighted by molar-refractivity contribution is 0.599. The largest absolute Gasteiger partial charge is 0.260 e. The first-order chi connectivity index (χ1) is 12.9. The van der Waals surface area contributed by atoms with Gasteiger partial charge in [0, 0.05) is 12.0 Å². The Bertz CT molecular complexity index is 1090. The molecule has 0 saturated carbocycles. The van der Waals surface area contributed by atoms with Crippen LogP contribution in [0.1, 0.15) is 16.0 Å². The highest BCUT2D eigenvalue weighted by Crippen LogP contribution is 2.44. The Morgan fingerprint density at radius 2 is 1.63 bits per heavy atom. The van der Waals surface area contributed by atoms with Gasteiger partial charge in [-0.15, -0.1) is 23.1 Å². The Morgan fingerprint density at radius 1 is 1.00 bits per heavy atom. The van der Waals surface area contributed by atoms with E-state index in [0.717, 1.165) is 21.0 Å². The smallest absolute Gasteiger partial charge is 0.175 e. The van der Waals surface area contributed by atoms with Crippen molar-refractivity contribution in [3.05, 3.63) is 87.9 Å². The van der Waals surface area contributed by atoms with Gasteiger partial charge in [-0.25, -0.2) is 12.8 Å². The summed E-state index contributed by atoms with van der Waals surface area (Å²) in [6.07, 6.45) is 1.19. The molecule has 0 saturated heterocycles. The van der Waals surface area contributed by atoms with E-state index < -0.39 is 15.4 Å². The molecule has 0 N–H and O–H groups in total. The van der Waals surface area contributed by atoms with Gasteiger partial charge in [0.2, 0.25) is 0 Å². The van der Waals surface area contributed by atoms with Crippen LogP contribution in [0, 0.1) is 5.82 Å². The molecule has 1 aliphatic rings. The first kappa shape index (κ1) is 18.4. The fourth-order valence-corrected chi connectivity index (χ4v) is 5.84. The molecule has 138 valence electrons. The van der Waals surface area contributed by atoms with E-state index in [-0.39, 0.29) is 10.7 Å². The Morgan fingerprint density at radius 3 is 2.19 bits per heavy atom. The minimum Gasteiger partial charge on any atom is -0.260 e. The van der Waals surface area contributed by atoms with Crippen molar-refractivity contribution in [3.63, 3.8) is 0 Å². The van der Waals surface area contributed by atoms with Gasteiger partial charge in [-0.05, 0) is 46.8 Å². The SMILES string of the molecule is CS(=O)(=O)c1ccc(C2(c3ccc(F)cc3)CSC(c3cccs3)=N2)cc1. The maximum absolute atomic E-state index is 13.5. The van der Waals surface area contributed by atoms with E-state index in [1.165, 1.54) is 18.4 Å². The van der Waals surface area contributed by atoms with Gasteiger partial charge in [-0.1, -0.05) is 30.3 Å². The minimum atomic E-state index is -3.27. The highest BCUT2D eigenvalue weighted by atomic mass is 32.2. The number of sulfone groups is 1. The third-order valence-electron chi connectivity index (χ3n) is 4.52. The number of rotatable bonds is 4. The van der Waals surface area contributed by atoms with Gasteiger partial charge in [0.15, 0.2) is 9.84 Å². The summed E-state index contributed by atoms with van der Waals surface area (Å²) in [6.45, 7) is 0. The number of benzene rings is 2. The van der Waals surface area contributed by atoms with Crippen molar-refractivity contribution < 1.29 is 12.8 Å². The van der Waals surface area contributed by atoms with Crippen LogP contribution in [0.2, 0.25) is 0 Å². The topological polar surface area (TPSA) is 46.5 Å². The molecule has 7 heteroatoms. The van der Waals surface area contributed by atoms with E-state index in [4.69, 9.17) is 4.99 Å². The van der Waals surface area contributed by atoms with E-state index in [9.17, 15) is 12.8 Å². The van der Waals surface area contributed by atoms with Crippen LogP contribution in [-0.4, -0.2) is 25.5 Å².